The minimum absolute atomic E-state index is 0.213. The number of hydrogen-bond donors (Lipinski definition) is 1. The van der Waals surface area contributed by atoms with Crippen LogP contribution in [-0.4, -0.2) is 32.2 Å². The van der Waals surface area contributed by atoms with Gasteiger partial charge in [-0.25, -0.2) is 0 Å². The Bertz CT molecular complexity index is 574. The summed E-state index contributed by atoms with van der Waals surface area (Å²) in [5.74, 6) is 0.213. The predicted octanol–water partition coefficient (Wildman–Crippen LogP) is 1.82. The SMILES string of the molecule is NCC1(C(=O)N2CC3(CC3)c3ccccc32)CCOCC1. The number of ether oxygens (including phenoxy) is 1. The van der Waals surface area contributed by atoms with E-state index in [2.05, 4.69) is 18.2 Å². The Morgan fingerprint density at radius 2 is 1.90 bits per heavy atom. The summed E-state index contributed by atoms with van der Waals surface area (Å²) >= 11 is 0. The first-order valence-corrected chi connectivity index (χ1v) is 7.90. The van der Waals surface area contributed by atoms with Crippen LogP contribution in [0.3, 0.4) is 0 Å². The lowest BCUT2D eigenvalue weighted by Crippen LogP contribution is -2.51. The molecule has 2 N–H and O–H groups in total. The van der Waals surface area contributed by atoms with Gasteiger partial charge in [0.25, 0.3) is 0 Å². The molecule has 1 spiro atoms. The number of carbonyl (C=O) groups excluding carboxylic acids is 1. The molecule has 0 unspecified atom stereocenters. The van der Waals surface area contributed by atoms with Crippen LogP contribution in [0.5, 0.6) is 0 Å². The highest BCUT2D eigenvalue weighted by Crippen LogP contribution is 2.57. The van der Waals surface area contributed by atoms with Gasteiger partial charge in [0, 0.05) is 37.4 Å². The molecule has 0 aromatic heterocycles. The Morgan fingerprint density at radius 3 is 2.57 bits per heavy atom. The summed E-state index contributed by atoms with van der Waals surface area (Å²) in [6.45, 7) is 2.54. The molecule has 1 saturated heterocycles. The second-order valence-electron chi connectivity index (χ2n) is 6.79. The Labute approximate surface area is 125 Å². The van der Waals surface area contributed by atoms with Crippen molar-refractivity contribution in [3.05, 3.63) is 29.8 Å². The number of carbonyl (C=O) groups is 1. The van der Waals surface area contributed by atoms with E-state index in [1.54, 1.807) is 0 Å². The molecule has 4 rings (SSSR count). The Balaban J connectivity index is 1.69. The summed E-state index contributed by atoms with van der Waals surface area (Å²) in [4.78, 5) is 15.2. The third-order valence-electron chi connectivity index (χ3n) is 5.62. The molecule has 0 radical (unpaired) electrons. The van der Waals surface area contributed by atoms with E-state index in [1.165, 1.54) is 18.4 Å². The number of benzene rings is 1. The summed E-state index contributed by atoms with van der Waals surface area (Å²) < 4.78 is 5.44. The zero-order valence-electron chi connectivity index (χ0n) is 12.3. The van der Waals surface area contributed by atoms with E-state index >= 15 is 0 Å². The monoisotopic (exact) mass is 286 g/mol. The van der Waals surface area contributed by atoms with Crippen molar-refractivity contribution in [3.63, 3.8) is 0 Å². The van der Waals surface area contributed by atoms with Crippen LogP contribution >= 0.6 is 0 Å². The zero-order valence-corrected chi connectivity index (χ0v) is 12.3. The summed E-state index contributed by atoms with van der Waals surface area (Å²) in [5, 5.41) is 0. The maximum absolute atomic E-state index is 13.2. The van der Waals surface area contributed by atoms with Crippen molar-refractivity contribution in [1.29, 1.82) is 0 Å². The number of rotatable bonds is 2. The van der Waals surface area contributed by atoms with Gasteiger partial charge in [-0.05, 0) is 37.3 Å². The van der Waals surface area contributed by atoms with Crippen molar-refractivity contribution >= 4 is 11.6 Å². The molecule has 1 aromatic carbocycles. The number of anilines is 1. The number of nitrogens with two attached hydrogens (primary N) is 1. The fourth-order valence-electron chi connectivity index (χ4n) is 3.94. The molecule has 1 aromatic rings. The summed E-state index contributed by atoms with van der Waals surface area (Å²) in [5.41, 5.74) is 8.29. The molecule has 112 valence electrons. The fourth-order valence-corrected chi connectivity index (χ4v) is 3.94. The largest absolute Gasteiger partial charge is 0.381 e. The summed E-state index contributed by atoms with van der Waals surface area (Å²) in [6.07, 6.45) is 3.89. The second kappa shape index (κ2) is 4.55. The molecule has 2 heterocycles. The first kappa shape index (κ1) is 13.3. The number of nitrogens with zero attached hydrogens (tertiary/aromatic N) is 1. The molecule has 2 fully saturated rings. The average Bonchev–Trinajstić information content (AvgIpc) is 3.25. The van der Waals surface area contributed by atoms with E-state index in [1.807, 2.05) is 11.0 Å². The van der Waals surface area contributed by atoms with Crippen LogP contribution in [0.2, 0.25) is 0 Å². The van der Waals surface area contributed by atoms with Crippen LogP contribution in [-0.2, 0) is 14.9 Å². The minimum atomic E-state index is -0.425. The molecular weight excluding hydrogens is 264 g/mol. The van der Waals surface area contributed by atoms with E-state index in [4.69, 9.17) is 10.5 Å². The second-order valence-corrected chi connectivity index (χ2v) is 6.79. The van der Waals surface area contributed by atoms with Crippen LogP contribution < -0.4 is 10.6 Å². The topological polar surface area (TPSA) is 55.6 Å². The Kier molecular flexibility index (Phi) is 2.88. The van der Waals surface area contributed by atoms with Gasteiger partial charge in [0.05, 0.1) is 5.41 Å². The van der Waals surface area contributed by atoms with E-state index in [9.17, 15) is 4.79 Å². The maximum atomic E-state index is 13.2. The molecule has 2 aliphatic heterocycles. The van der Waals surface area contributed by atoms with Gasteiger partial charge in [0.15, 0.2) is 0 Å². The molecule has 1 amide bonds. The minimum Gasteiger partial charge on any atom is -0.381 e. The van der Waals surface area contributed by atoms with Crippen molar-refractivity contribution in [2.45, 2.75) is 31.1 Å². The van der Waals surface area contributed by atoms with Crippen LogP contribution in [0.1, 0.15) is 31.2 Å². The number of para-hydroxylation sites is 1. The van der Waals surface area contributed by atoms with Gasteiger partial charge in [0.1, 0.15) is 0 Å². The van der Waals surface area contributed by atoms with E-state index in [0.717, 1.165) is 25.1 Å². The molecule has 3 aliphatic rings. The maximum Gasteiger partial charge on any atom is 0.234 e. The molecular formula is C17H22N2O2. The van der Waals surface area contributed by atoms with Crippen LogP contribution in [0, 0.1) is 5.41 Å². The van der Waals surface area contributed by atoms with Crippen molar-refractivity contribution in [3.8, 4) is 0 Å². The van der Waals surface area contributed by atoms with Crippen molar-refractivity contribution in [2.24, 2.45) is 11.1 Å². The van der Waals surface area contributed by atoms with Gasteiger partial charge in [-0.15, -0.1) is 0 Å². The molecule has 4 heteroatoms. The third kappa shape index (κ3) is 1.86. The Hall–Kier alpha value is -1.39. The first-order chi connectivity index (χ1) is 10.2. The normalized spacial score (nSPS) is 24.9. The number of fused-ring (bicyclic) bond motifs is 2. The number of hydrogen-bond acceptors (Lipinski definition) is 3. The number of amides is 1. The van der Waals surface area contributed by atoms with Gasteiger partial charge in [-0.2, -0.15) is 0 Å². The highest BCUT2D eigenvalue weighted by atomic mass is 16.5. The van der Waals surface area contributed by atoms with Crippen molar-refractivity contribution < 1.29 is 9.53 Å². The van der Waals surface area contributed by atoms with Gasteiger partial charge >= 0.3 is 0 Å². The predicted molar refractivity (Wildman–Crippen MR) is 81.2 cm³/mol. The van der Waals surface area contributed by atoms with Crippen LogP contribution in [0.15, 0.2) is 24.3 Å². The molecule has 0 bridgehead atoms. The highest BCUT2D eigenvalue weighted by Gasteiger charge is 2.55. The molecule has 21 heavy (non-hydrogen) atoms. The lowest BCUT2D eigenvalue weighted by atomic mass is 9.79. The fraction of sp³-hybridized carbons (Fsp3) is 0.588. The van der Waals surface area contributed by atoms with E-state index in [0.29, 0.717) is 19.8 Å². The third-order valence-corrected chi connectivity index (χ3v) is 5.62. The van der Waals surface area contributed by atoms with Gasteiger partial charge in [-0.3, -0.25) is 4.79 Å². The van der Waals surface area contributed by atoms with Gasteiger partial charge < -0.3 is 15.4 Å². The molecule has 4 nitrogen and oxygen atoms in total. The molecule has 1 aliphatic carbocycles. The Morgan fingerprint density at radius 1 is 1.19 bits per heavy atom. The van der Waals surface area contributed by atoms with Crippen molar-refractivity contribution in [1.82, 2.24) is 0 Å². The summed E-state index contributed by atoms with van der Waals surface area (Å²) in [6, 6.07) is 8.39. The average molecular weight is 286 g/mol. The molecule has 1 saturated carbocycles. The lowest BCUT2D eigenvalue weighted by Gasteiger charge is -2.37. The molecule has 0 atom stereocenters. The van der Waals surface area contributed by atoms with E-state index in [-0.39, 0.29) is 11.3 Å². The van der Waals surface area contributed by atoms with E-state index < -0.39 is 5.41 Å². The smallest absolute Gasteiger partial charge is 0.234 e. The summed E-state index contributed by atoms with van der Waals surface area (Å²) in [7, 11) is 0. The van der Waals surface area contributed by atoms with Crippen LogP contribution in [0.4, 0.5) is 5.69 Å². The highest BCUT2D eigenvalue weighted by molar-refractivity contribution is 6.00. The van der Waals surface area contributed by atoms with Gasteiger partial charge in [0.2, 0.25) is 5.91 Å². The van der Waals surface area contributed by atoms with Gasteiger partial charge in [-0.1, -0.05) is 18.2 Å². The lowest BCUT2D eigenvalue weighted by molar-refractivity contribution is -0.133. The first-order valence-electron chi connectivity index (χ1n) is 7.90. The standard InChI is InChI=1S/C17H22N2O2/c18-11-16(7-9-21-10-8-16)15(20)19-12-17(5-6-17)13-3-1-2-4-14(13)19/h1-4H,5-12,18H2. The van der Waals surface area contributed by atoms with Crippen LogP contribution in [0.25, 0.3) is 0 Å². The van der Waals surface area contributed by atoms with Crippen molar-refractivity contribution in [2.75, 3.05) is 31.2 Å². The zero-order chi connectivity index (χ0) is 14.5. The quantitative estimate of drug-likeness (QED) is 0.902.